The summed E-state index contributed by atoms with van der Waals surface area (Å²) in [7, 11) is 1.93. The van der Waals surface area contributed by atoms with Crippen LogP contribution in [0.5, 0.6) is 0 Å². The lowest BCUT2D eigenvalue weighted by molar-refractivity contribution is 0.0737. The Kier molecular flexibility index (Phi) is 6.61. The zero-order valence-electron chi connectivity index (χ0n) is 9.91. The standard InChI is InChI=1S/C11H14Br2N2OS.ClH/c1-14-6-7-3-2-4-15(7)11(16)8-5-9(12)17-10(8)13;/h5,7,14H,2-4,6H2,1H3;1H. The lowest BCUT2D eigenvalue weighted by Crippen LogP contribution is -2.40. The van der Waals surface area contributed by atoms with Gasteiger partial charge < -0.3 is 10.2 Å². The number of thiophene rings is 1. The minimum atomic E-state index is 0. The number of likely N-dealkylation sites (N-methyl/N-ethyl adjacent to an activating group) is 1. The monoisotopic (exact) mass is 416 g/mol. The Bertz CT molecular complexity index is 427. The van der Waals surface area contributed by atoms with Gasteiger partial charge in [0.25, 0.3) is 5.91 Å². The molecule has 1 aromatic rings. The fourth-order valence-corrected chi connectivity index (χ4v) is 4.97. The van der Waals surface area contributed by atoms with Gasteiger partial charge in [0.2, 0.25) is 0 Å². The second kappa shape index (κ2) is 7.24. The predicted molar refractivity (Wildman–Crippen MR) is 85.0 cm³/mol. The minimum absolute atomic E-state index is 0. The lowest BCUT2D eigenvalue weighted by Gasteiger charge is -2.24. The number of carbonyl (C=O) groups is 1. The van der Waals surface area contributed by atoms with Crippen LogP contribution in [0.3, 0.4) is 0 Å². The molecular weight excluding hydrogens is 403 g/mol. The summed E-state index contributed by atoms with van der Waals surface area (Å²) in [5.41, 5.74) is 0.768. The largest absolute Gasteiger partial charge is 0.334 e. The third kappa shape index (κ3) is 3.48. The topological polar surface area (TPSA) is 32.3 Å². The van der Waals surface area contributed by atoms with Crippen LogP contribution >= 0.6 is 55.6 Å². The second-order valence-corrected chi connectivity index (χ2v) is 7.84. The number of hydrogen-bond acceptors (Lipinski definition) is 3. The SMILES string of the molecule is CNCC1CCCN1C(=O)c1cc(Br)sc1Br.Cl. The molecule has 1 amide bonds. The van der Waals surface area contributed by atoms with E-state index < -0.39 is 0 Å². The van der Waals surface area contributed by atoms with E-state index in [0.29, 0.717) is 6.04 Å². The lowest BCUT2D eigenvalue weighted by atomic mass is 10.2. The van der Waals surface area contributed by atoms with E-state index in [2.05, 4.69) is 37.2 Å². The highest BCUT2D eigenvalue weighted by Crippen LogP contribution is 2.33. The zero-order chi connectivity index (χ0) is 12.4. The predicted octanol–water partition coefficient (Wildman–Crippen LogP) is 3.52. The van der Waals surface area contributed by atoms with Crippen LogP contribution in [0.15, 0.2) is 13.6 Å². The Hall–Kier alpha value is 0.380. The van der Waals surface area contributed by atoms with Gasteiger partial charge in [-0.3, -0.25) is 4.79 Å². The Morgan fingerprint density at radius 2 is 2.33 bits per heavy atom. The molecule has 0 aliphatic carbocycles. The molecule has 1 aromatic heterocycles. The first kappa shape index (κ1) is 16.4. The van der Waals surface area contributed by atoms with Crippen molar-refractivity contribution in [2.45, 2.75) is 18.9 Å². The third-order valence-electron chi connectivity index (χ3n) is 2.96. The molecule has 102 valence electrons. The first-order chi connectivity index (χ1) is 8.13. The number of halogens is 3. The molecule has 0 radical (unpaired) electrons. The average molecular weight is 419 g/mol. The molecule has 1 N–H and O–H groups in total. The maximum Gasteiger partial charge on any atom is 0.256 e. The fraction of sp³-hybridized carbons (Fsp3) is 0.545. The quantitative estimate of drug-likeness (QED) is 0.815. The number of amides is 1. The summed E-state index contributed by atoms with van der Waals surface area (Å²) in [6.07, 6.45) is 2.19. The van der Waals surface area contributed by atoms with Crippen LogP contribution in [0.25, 0.3) is 0 Å². The normalized spacial score (nSPS) is 18.8. The minimum Gasteiger partial charge on any atom is -0.334 e. The molecule has 1 atom stereocenters. The van der Waals surface area contributed by atoms with Crippen LogP contribution in [-0.4, -0.2) is 37.0 Å². The van der Waals surface area contributed by atoms with Crippen molar-refractivity contribution in [3.8, 4) is 0 Å². The molecule has 7 heteroatoms. The summed E-state index contributed by atoms with van der Waals surface area (Å²) in [5, 5.41) is 3.15. The summed E-state index contributed by atoms with van der Waals surface area (Å²) in [6, 6.07) is 2.23. The van der Waals surface area contributed by atoms with Gasteiger partial charge in [-0.1, -0.05) is 0 Å². The molecule has 3 nitrogen and oxygen atoms in total. The molecule has 0 bridgehead atoms. The molecule has 1 aliphatic rings. The van der Waals surface area contributed by atoms with Crippen LogP contribution < -0.4 is 5.32 Å². The van der Waals surface area contributed by atoms with Gasteiger partial charge >= 0.3 is 0 Å². The summed E-state index contributed by atoms with van der Waals surface area (Å²) in [5.74, 6) is 0.136. The number of rotatable bonds is 3. The first-order valence-electron chi connectivity index (χ1n) is 5.54. The average Bonchev–Trinajstić information content (AvgIpc) is 2.85. The van der Waals surface area contributed by atoms with Crippen molar-refractivity contribution in [3.63, 3.8) is 0 Å². The van der Waals surface area contributed by atoms with E-state index in [1.54, 1.807) is 11.3 Å². The Balaban J connectivity index is 0.00000162. The highest BCUT2D eigenvalue weighted by Gasteiger charge is 2.30. The van der Waals surface area contributed by atoms with E-state index in [1.807, 2.05) is 18.0 Å². The molecular formula is C11H15Br2ClN2OS. The van der Waals surface area contributed by atoms with Crippen molar-refractivity contribution in [2.24, 2.45) is 0 Å². The van der Waals surface area contributed by atoms with Gasteiger partial charge in [-0.15, -0.1) is 23.7 Å². The van der Waals surface area contributed by atoms with E-state index in [0.717, 1.165) is 39.1 Å². The van der Waals surface area contributed by atoms with E-state index in [4.69, 9.17) is 0 Å². The van der Waals surface area contributed by atoms with Crippen molar-refractivity contribution < 1.29 is 4.79 Å². The van der Waals surface area contributed by atoms with E-state index in [-0.39, 0.29) is 18.3 Å². The van der Waals surface area contributed by atoms with E-state index in [1.165, 1.54) is 0 Å². The first-order valence-corrected chi connectivity index (χ1v) is 7.94. The van der Waals surface area contributed by atoms with Gasteiger partial charge in [-0.2, -0.15) is 0 Å². The van der Waals surface area contributed by atoms with E-state index in [9.17, 15) is 4.79 Å². The van der Waals surface area contributed by atoms with Crippen molar-refractivity contribution in [1.29, 1.82) is 0 Å². The van der Waals surface area contributed by atoms with Crippen molar-refractivity contribution >= 4 is 61.5 Å². The molecule has 1 aliphatic heterocycles. The van der Waals surface area contributed by atoms with Gasteiger partial charge in [0.05, 0.1) is 13.1 Å². The highest BCUT2D eigenvalue weighted by atomic mass is 79.9. The third-order valence-corrected chi connectivity index (χ3v) is 5.30. The smallest absolute Gasteiger partial charge is 0.256 e. The number of nitrogens with zero attached hydrogens (tertiary/aromatic N) is 1. The molecule has 0 aromatic carbocycles. The molecule has 2 heterocycles. The second-order valence-electron chi connectivity index (χ2n) is 4.09. The summed E-state index contributed by atoms with van der Waals surface area (Å²) >= 11 is 8.40. The molecule has 1 saturated heterocycles. The molecule has 1 unspecified atom stereocenters. The Morgan fingerprint density at radius 1 is 1.61 bits per heavy atom. The van der Waals surface area contributed by atoms with Crippen LogP contribution in [0.1, 0.15) is 23.2 Å². The Morgan fingerprint density at radius 3 is 2.89 bits per heavy atom. The van der Waals surface area contributed by atoms with Crippen LogP contribution in [0.4, 0.5) is 0 Å². The number of hydrogen-bond donors (Lipinski definition) is 1. The molecule has 2 rings (SSSR count). The van der Waals surface area contributed by atoms with Crippen LogP contribution in [0, 0.1) is 0 Å². The summed E-state index contributed by atoms with van der Waals surface area (Å²) in [4.78, 5) is 14.4. The summed E-state index contributed by atoms with van der Waals surface area (Å²) < 4.78 is 1.89. The maximum atomic E-state index is 12.4. The molecule has 0 saturated carbocycles. The van der Waals surface area contributed by atoms with Crippen molar-refractivity contribution in [3.05, 3.63) is 19.2 Å². The van der Waals surface area contributed by atoms with Gasteiger partial charge in [0.15, 0.2) is 0 Å². The van der Waals surface area contributed by atoms with Gasteiger partial charge in [0, 0.05) is 19.1 Å². The van der Waals surface area contributed by atoms with Crippen LogP contribution in [-0.2, 0) is 0 Å². The van der Waals surface area contributed by atoms with E-state index >= 15 is 0 Å². The number of nitrogens with one attached hydrogen (secondary N) is 1. The summed E-state index contributed by atoms with van der Waals surface area (Å²) in [6.45, 7) is 1.74. The maximum absolute atomic E-state index is 12.4. The van der Waals surface area contributed by atoms with Gasteiger partial charge in [-0.25, -0.2) is 0 Å². The highest BCUT2D eigenvalue weighted by molar-refractivity contribution is 9.12. The molecule has 1 fully saturated rings. The van der Waals surface area contributed by atoms with Crippen LogP contribution in [0.2, 0.25) is 0 Å². The van der Waals surface area contributed by atoms with Crippen molar-refractivity contribution in [1.82, 2.24) is 10.2 Å². The van der Waals surface area contributed by atoms with Gasteiger partial charge in [-0.05, 0) is 57.8 Å². The van der Waals surface area contributed by atoms with Crippen molar-refractivity contribution in [2.75, 3.05) is 20.1 Å². The van der Waals surface area contributed by atoms with Gasteiger partial charge in [0.1, 0.15) is 0 Å². The molecule has 18 heavy (non-hydrogen) atoms. The zero-order valence-corrected chi connectivity index (χ0v) is 14.7. The number of carbonyl (C=O) groups excluding carboxylic acids is 1. The molecule has 0 spiro atoms. The fourth-order valence-electron chi connectivity index (χ4n) is 2.19. The number of likely N-dealkylation sites (tertiary alicyclic amines) is 1. The Labute approximate surface area is 134 Å².